The van der Waals surface area contributed by atoms with Crippen LogP contribution in [0.2, 0.25) is 0 Å². The van der Waals surface area contributed by atoms with Gasteiger partial charge >= 0.3 is 0 Å². The van der Waals surface area contributed by atoms with Gasteiger partial charge in [0.15, 0.2) is 15.1 Å². The van der Waals surface area contributed by atoms with Crippen LogP contribution < -0.4 is 5.73 Å². The van der Waals surface area contributed by atoms with Crippen LogP contribution in [0.1, 0.15) is 11.5 Å². The molecule has 0 aliphatic carbocycles. The summed E-state index contributed by atoms with van der Waals surface area (Å²) in [5.41, 5.74) is 6.64. The van der Waals surface area contributed by atoms with Crippen LogP contribution in [0.15, 0.2) is 117 Å². The summed E-state index contributed by atoms with van der Waals surface area (Å²) in [6.45, 7) is 0. The second kappa shape index (κ2) is 8.84. The Bertz CT molecular complexity index is 1420. The van der Waals surface area contributed by atoms with Gasteiger partial charge in [-0.25, -0.2) is 16.8 Å². The Balaban J connectivity index is 2.03. The lowest BCUT2D eigenvalue weighted by Gasteiger charge is -2.33. The number of benzene rings is 3. The summed E-state index contributed by atoms with van der Waals surface area (Å²) in [4.78, 5) is 3.87. The highest BCUT2D eigenvalue weighted by molar-refractivity contribution is 7.95. The monoisotopic (exact) mass is 482 g/mol. The molecule has 4 rings (SSSR count). The van der Waals surface area contributed by atoms with E-state index in [9.17, 15) is 16.8 Å². The zero-order valence-electron chi connectivity index (χ0n) is 17.7. The molecule has 0 spiro atoms. The van der Waals surface area contributed by atoms with E-state index >= 15 is 0 Å². The predicted molar refractivity (Wildman–Crippen MR) is 126 cm³/mol. The molecular weight excluding hydrogens is 460 g/mol. The topological polar surface area (TPSA) is 116 Å². The predicted octanol–water partition coefficient (Wildman–Crippen LogP) is 3.27. The van der Waals surface area contributed by atoms with Gasteiger partial charge in [0.1, 0.15) is 10.7 Å². The van der Waals surface area contributed by atoms with Gasteiger partial charge < -0.3 is 10.5 Å². The third kappa shape index (κ3) is 4.05. The average Bonchev–Trinajstić information content (AvgIpc) is 2.84. The molecule has 0 amide bonds. The molecule has 0 aromatic heterocycles. The second-order valence-corrected chi connectivity index (χ2v) is 11.4. The Labute approximate surface area is 193 Å². The van der Waals surface area contributed by atoms with Crippen LogP contribution in [0.4, 0.5) is 0 Å². The first-order valence-electron chi connectivity index (χ1n) is 10.0. The largest absolute Gasteiger partial charge is 0.483 e. The first kappa shape index (κ1) is 22.8. The minimum atomic E-state index is -4.19. The molecule has 1 heterocycles. The van der Waals surface area contributed by atoms with Crippen LogP contribution in [0.5, 0.6) is 0 Å². The lowest BCUT2D eigenvalue weighted by atomic mass is 9.93. The van der Waals surface area contributed by atoms with Crippen molar-refractivity contribution in [3.05, 3.63) is 107 Å². The van der Waals surface area contributed by atoms with Gasteiger partial charge in [0, 0.05) is 0 Å². The molecule has 0 radical (unpaired) electrons. The molecule has 0 saturated heterocycles. The van der Waals surface area contributed by atoms with E-state index in [2.05, 4.69) is 4.99 Å². The number of sulfone groups is 2. The van der Waals surface area contributed by atoms with E-state index in [0.717, 1.165) is 0 Å². The van der Waals surface area contributed by atoms with Gasteiger partial charge in [-0.2, -0.15) is 4.99 Å². The average molecular weight is 483 g/mol. The minimum absolute atomic E-state index is 0.00388. The van der Waals surface area contributed by atoms with E-state index < -0.39 is 30.8 Å². The van der Waals surface area contributed by atoms with Crippen molar-refractivity contribution >= 4 is 25.6 Å². The van der Waals surface area contributed by atoms with Crippen molar-refractivity contribution in [3.8, 4) is 0 Å². The van der Waals surface area contributed by atoms with Crippen molar-refractivity contribution in [1.29, 1.82) is 0 Å². The van der Waals surface area contributed by atoms with Crippen LogP contribution in [-0.4, -0.2) is 35.1 Å². The fraction of sp³-hybridized carbons (Fsp3) is 0.125. The van der Waals surface area contributed by atoms with Gasteiger partial charge in [-0.15, -0.1) is 0 Å². The van der Waals surface area contributed by atoms with E-state index in [1.165, 1.54) is 31.4 Å². The molecule has 0 unspecified atom stereocenters. The van der Waals surface area contributed by atoms with E-state index in [1.807, 2.05) is 0 Å². The molecule has 2 N–H and O–H groups in total. The van der Waals surface area contributed by atoms with Gasteiger partial charge in [0.2, 0.25) is 15.7 Å². The van der Waals surface area contributed by atoms with E-state index in [0.29, 0.717) is 5.56 Å². The number of rotatable bonds is 5. The van der Waals surface area contributed by atoms with Crippen molar-refractivity contribution in [3.63, 3.8) is 0 Å². The van der Waals surface area contributed by atoms with Crippen LogP contribution in [0.25, 0.3) is 0 Å². The molecule has 2 atom stereocenters. The summed E-state index contributed by atoms with van der Waals surface area (Å²) >= 11 is 0. The molecular formula is C24H22N2O5S2. The summed E-state index contributed by atoms with van der Waals surface area (Å²) in [7, 11) is -7.03. The lowest BCUT2D eigenvalue weighted by Crippen LogP contribution is -2.43. The maximum atomic E-state index is 13.8. The Morgan fingerprint density at radius 1 is 0.758 bits per heavy atom. The van der Waals surface area contributed by atoms with Gasteiger partial charge in [-0.05, 0) is 29.8 Å². The normalized spacial score (nSPS) is 19.1. The second-order valence-electron chi connectivity index (χ2n) is 7.39. The van der Waals surface area contributed by atoms with Crippen molar-refractivity contribution in [2.45, 2.75) is 21.0 Å². The maximum absolute atomic E-state index is 13.8. The van der Waals surface area contributed by atoms with Crippen molar-refractivity contribution in [2.75, 3.05) is 7.11 Å². The van der Waals surface area contributed by atoms with Gasteiger partial charge in [0.25, 0.3) is 0 Å². The third-order valence-corrected chi connectivity index (χ3v) is 9.44. The summed E-state index contributed by atoms with van der Waals surface area (Å²) in [6, 6.07) is 24.1. The molecule has 0 fully saturated rings. The number of methoxy groups -OCH3 is 1. The third-order valence-electron chi connectivity index (χ3n) is 5.43. The highest BCUT2D eigenvalue weighted by Crippen LogP contribution is 2.43. The molecule has 1 aliphatic rings. The SMILES string of the molecule is COC1=NC(N)=C(S(=O)(=O)c2ccccc2)[C@H](c2ccccc2)[C@@H]1S(=O)(=O)c1ccccc1. The Morgan fingerprint density at radius 2 is 1.24 bits per heavy atom. The molecule has 7 nitrogen and oxygen atoms in total. The van der Waals surface area contributed by atoms with Crippen molar-refractivity contribution in [1.82, 2.24) is 0 Å². The number of ether oxygens (including phenoxy) is 1. The van der Waals surface area contributed by atoms with Crippen LogP contribution in [0.3, 0.4) is 0 Å². The number of hydrogen-bond donors (Lipinski definition) is 1. The van der Waals surface area contributed by atoms with Crippen LogP contribution in [-0.2, 0) is 24.4 Å². The molecule has 33 heavy (non-hydrogen) atoms. The Hall–Kier alpha value is -3.43. The fourth-order valence-electron chi connectivity index (χ4n) is 3.93. The van der Waals surface area contributed by atoms with Crippen molar-refractivity contribution in [2.24, 2.45) is 10.7 Å². The molecule has 9 heteroatoms. The number of nitrogens with two attached hydrogens (primary N) is 1. The lowest BCUT2D eigenvalue weighted by molar-refractivity contribution is 0.383. The molecule has 0 saturated carbocycles. The van der Waals surface area contributed by atoms with Crippen molar-refractivity contribution < 1.29 is 21.6 Å². The van der Waals surface area contributed by atoms with Gasteiger partial charge in [0.05, 0.1) is 22.8 Å². The summed E-state index contributed by atoms with van der Waals surface area (Å²) in [6.07, 6.45) is 0. The zero-order chi connectivity index (χ0) is 23.6. The smallest absolute Gasteiger partial charge is 0.209 e. The van der Waals surface area contributed by atoms with Gasteiger partial charge in [-0.1, -0.05) is 66.7 Å². The Morgan fingerprint density at radius 3 is 1.76 bits per heavy atom. The molecule has 3 aromatic rings. The standard InChI is InChI=1S/C24H22N2O5S2/c1-31-24-22(33(29,30)19-15-9-4-10-16-19)20(17-11-5-2-6-12-17)21(23(25)26-24)32(27,28)18-13-7-3-8-14-18/h2-16,20,22H,25H2,1H3/t20-,22-/m0/s1. The number of nitrogens with zero attached hydrogens (tertiary/aromatic N) is 1. The van der Waals surface area contributed by atoms with E-state index in [1.54, 1.807) is 66.7 Å². The quantitative estimate of drug-likeness (QED) is 0.597. The zero-order valence-corrected chi connectivity index (χ0v) is 19.3. The molecule has 0 bridgehead atoms. The number of aliphatic imine (C=N–C) groups is 1. The Kier molecular flexibility index (Phi) is 6.09. The maximum Gasteiger partial charge on any atom is 0.209 e. The first-order valence-corrected chi connectivity index (χ1v) is 13.1. The summed E-state index contributed by atoms with van der Waals surface area (Å²) < 4.78 is 60.5. The highest BCUT2D eigenvalue weighted by Gasteiger charge is 2.49. The summed E-state index contributed by atoms with van der Waals surface area (Å²) in [5.74, 6) is -1.64. The number of allylic oxidation sites excluding steroid dienone is 1. The fourth-order valence-corrected chi connectivity index (χ4v) is 7.60. The van der Waals surface area contributed by atoms with Crippen LogP contribution >= 0.6 is 0 Å². The first-order chi connectivity index (χ1) is 15.8. The van der Waals surface area contributed by atoms with Crippen LogP contribution in [0, 0.1) is 0 Å². The molecule has 170 valence electrons. The van der Waals surface area contributed by atoms with E-state index in [4.69, 9.17) is 10.5 Å². The summed E-state index contributed by atoms with van der Waals surface area (Å²) in [5, 5.41) is -1.44. The van der Waals surface area contributed by atoms with Gasteiger partial charge in [-0.3, -0.25) is 0 Å². The minimum Gasteiger partial charge on any atom is -0.483 e. The number of hydrogen-bond acceptors (Lipinski definition) is 7. The highest BCUT2D eigenvalue weighted by atomic mass is 32.2. The molecule has 3 aromatic carbocycles. The van der Waals surface area contributed by atoms with E-state index in [-0.39, 0.29) is 26.4 Å². The molecule has 1 aliphatic heterocycles.